The average Bonchev–Trinajstić information content (AvgIpc) is 2.83. The molecule has 1 aliphatic heterocycles. The van der Waals surface area contributed by atoms with Crippen LogP contribution < -0.4 is 14.8 Å². The molecule has 6 nitrogen and oxygen atoms in total. The molecule has 0 saturated carbocycles. The van der Waals surface area contributed by atoms with Gasteiger partial charge < -0.3 is 19.9 Å². The van der Waals surface area contributed by atoms with Crippen molar-refractivity contribution in [2.24, 2.45) is 0 Å². The summed E-state index contributed by atoms with van der Waals surface area (Å²) in [4.78, 5) is 23.1. The summed E-state index contributed by atoms with van der Waals surface area (Å²) in [5.41, 5.74) is 0.401. The highest BCUT2D eigenvalue weighted by atomic mass is 16.7. The van der Waals surface area contributed by atoms with Crippen molar-refractivity contribution in [2.45, 2.75) is 6.42 Å². The van der Waals surface area contributed by atoms with Crippen molar-refractivity contribution >= 4 is 11.7 Å². The Morgan fingerprint density at radius 1 is 1.28 bits per heavy atom. The number of Topliss-reactive ketones (excluding diaryl/α,β-unsaturated/α-hetero) is 1. The number of hydrogen-bond acceptors (Lipinski definition) is 5. The fourth-order valence-electron chi connectivity index (χ4n) is 1.58. The minimum absolute atomic E-state index is 0.143. The van der Waals surface area contributed by atoms with Crippen LogP contribution in [0.4, 0.5) is 0 Å². The number of ether oxygens (including phenoxy) is 2. The van der Waals surface area contributed by atoms with Crippen molar-refractivity contribution < 1.29 is 24.2 Å². The number of ketones is 1. The van der Waals surface area contributed by atoms with Crippen LogP contribution in [-0.4, -0.2) is 36.7 Å². The van der Waals surface area contributed by atoms with Crippen molar-refractivity contribution in [3.8, 4) is 11.5 Å². The van der Waals surface area contributed by atoms with Gasteiger partial charge in [0, 0.05) is 12.1 Å². The maximum absolute atomic E-state index is 11.8. The molecule has 1 aliphatic rings. The molecule has 0 spiro atoms. The van der Waals surface area contributed by atoms with E-state index in [4.69, 9.17) is 14.6 Å². The summed E-state index contributed by atoms with van der Waals surface area (Å²) in [6.07, 6.45) is -0.250. The van der Waals surface area contributed by atoms with Gasteiger partial charge in [-0.2, -0.15) is 0 Å². The summed E-state index contributed by atoms with van der Waals surface area (Å²) < 4.78 is 10.3. The summed E-state index contributed by atoms with van der Waals surface area (Å²) in [6.45, 7) is 0.140. The second-order valence-corrected chi connectivity index (χ2v) is 3.74. The zero-order valence-electron chi connectivity index (χ0n) is 9.64. The molecule has 0 atom stereocenters. The lowest BCUT2D eigenvalue weighted by Gasteiger charge is -2.03. The summed E-state index contributed by atoms with van der Waals surface area (Å²) in [5, 5.41) is 11.0. The Hall–Kier alpha value is -2.08. The maximum atomic E-state index is 11.8. The third-order valence-electron chi connectivity index (χ3n) is 2.45. The standard InChI is InChI=1S/C12H13NO5/c14-4-3-13-12(16)6-9(15)8-1-2-10-11(5-8)18-7-17-10/h1-2,5,14H,3-4,6-7H2,(H,13,16). The predicted octanol–water partition coefficient (Wildman–Crippen LogP) is 0.0966. The summed E-state index contributed by atoms with van der Waals surface area (Å²) in [5.74, 6) is 0.392. The van der Waals surface area contributed by atoms with E-state index >= 15 is 0 Å². The zero-order chi connectivity index (χ0) is 13.0. The lowest BCUT2D eigenvalue weighted by Crippen LogP contribution is -2.28. The largest absolute Gasteiger partial charge is 0.454 e. The number of fused-ring (bicyclic) bond motifs is 1. The van der Waals surface area contributed by atoms with E-state index in [0.717, 1.165) is 0 Å². The smallest absolute Gasteiger partial charge is 0.231 e. The summed E-state index contributed by atoms with van der Waals surface area (Å²) in [6, 6.07) is 4.79. The Bertz CT molecular complexity index is 472. The molecule has 2 N–H and O–H groups in total. The Kier molecular flexibility index (Phi) is 3.78. The number of aliphatic hydroxyl groups excluding tert-OH is 1. The van der Waals surface area contributed by atoms with Crippen LogP contribution in [0.1, 0.15) is 16.8 Å². The number of rotatable bonds is 5. The highest BCUT2D eigenvalue weighted by molar-refractivity contribution is 6.07. The van der Waals surface area contributed by atoms with Crippen molar-refractivity contribution in [1.82, 2.24) is 5.32 Å². The Morgan fingerprint density at radius 2 is 2.06 bits per heavy atom. The van der Waals surface area contributed by atoms with E-state index in [0.29, 0.717) is 17.1 Å². The monoisotopic (exact) mass is 251 g/mol. The molecule has 1 amide bonds. The molecule has 1 heterocycles. The third kappa shape index (κ3) is 2.78. The van der Waals surface area contributed by atoms with Crippen molar-refractivity contribution in [2.75, 3.05) is 19.9 Å². The molecular weight excluding hydrogens is 238 g/mol. The van der Waals surface area contributed by atoms with Gasteiger partial charge in [0.2, 0.25) is 12.7 Å². The van der Waals surface area contributed by atoms with Crippen molar-refractivity contribution in [3.63, 3.8) is 0 Å². The van der Waals surface area contributed by atoms with Crippen LogP contribution in [0.15, 0.2) is 18.2 Å². The molecule has 18 heavy (non-hydrogen) atoms. The van der Waals surface area contributed by atoms with Crippen LogP contribution in [0, 0.1) is 0 Å². The molecule has 1 aromatic rings. The molecule has 0 bridgehead atoms. The first-order valence-electron chi connectivity index (χ1n) is 5.51. The SMILES string of the molecule is O=C(CC(=O)c1ccc2c(c1)OCO2)NCCO. The molecule has 96 valence electrons. The van der Waals surface area contributed by atoms with E-state index in [1.807, 2.05) is 0 Å². The van der Waals surface area contributed by atoms with E-state index in [-0.39, 0.29) is 32.1 Å². The second kappa shape index (κ2) is 5.50. The number of carbonyl (C=O) groups excluding carboxylic acids is 2. The van der Waals surface area contributed by atoms with E-state index in [1.165, 1.54) is 0 Å². The first-order valence-corrected chi connectivity index (χ1v) is 5.51. The molecule has 0 aromatic heterocycles. The first-order chi connectivity index (χ1) is 8.70. The van der Waals surface area contributed by atoms with Gasteiger partial charge in [0.1, 0.15) is 0 Å². The lowest BCUT2D eigenvalue weighted by atomic mass is 10.1. The van der Waals surface area contributed by atoms with E-state index in [9.17, 15) is 9.59 Å². The Morgan fingerprint density at radius 3 is 2.83 bits per heavy atom. The fraction of sp³-hybridized carbons (Fsp3) is 0.333. The molecular formula is C12H13NO5. The molecule has 0 unspecified atom stereocenters. The van der Waals surface area contributed by atoms with Crippen LogP contribution in [-0.2, 0) is 4.79 Å². The van der Waals surface area contributed by atoms with Gasteiger partial charge in [-0.05, 0) is 18.2 Å². The van der Waals surface area contributed by atoms with Gasteiger partial charge in [0.15, 0.2) is 17.3 Å². The first kappa shape index (κ1) is 12.4. The van der Waals surface area contributed by atoms with Gasteiger partial charge in [0.25, 0.3) is 0 Å². The highest BCUT2D eigenvalue weighted by Gasteiger charge is 2.17. The van der Waals surface area contributed by atoms with Gasteiger partial charge >= 0.3 is 0 Å². The van der Waals surface area contributed by atoms with Crippen LogP contribution in [0.5, 0.6) is 11.5 Å². The normalized spacial score (nSPS) is 12.3. The Labute approximate surface area is 104 Å². The summed E-state index contributed by atoms with van der Waals surface area (Å²) >= 11 is 0. The quantitative estimate of drug-likeness (QED) is 0.572. The maximum Gasteiger partial charge on any atom is 0.231 e. The lowest BCUT2D eigenvalue weighted by molar-refractivity contribution is -0.120. The number of hydrogen-bond donors (Lipinski definition) is 2. The molecule has 0 radical (unpaired) electrons. The number of nitrogens with one attached hydrogen (secondary N) is 1. The average molecular weight is 251 g/mol. The third-order valence-corrected chi connectivity index (χ3v) is 2.45. The van der Waals surface area contributed by atoms with Gasteiger partial charge in [-0.3, -0.25) is 9.59 Å². The number of amides is 1. The zero-order valence-corrected chi connectivity index (χ0v) is 9.64. The molecule has 1 aromatic carbocycles. The Balaban J connectivity index is 1.99. The minimum Gasteiger partial charge on any atom is -0.454 e. The number of carbonyl (C=O) groups is 2. The molecule has 2 rings (SSSR count). The molecule has 0 aliphatic carbocycles. The van der Waals surface area contributed by atoms with Gasteiger partial charge in [0.05, 0.1) is 13.0 Å². The minimum atomic E-state index is -0.410. The summed E-state index contributed by atoms with van der Waals surface area (Å²) in [7, 11) is 0. The highest BCUT2D eigenvalue weighted by Crippen LogP contribution is 2.32. The van der Waals surface area contributed by atoms with Crippen LogP contribution >= 0.6 is 0 Å². The van der Waals surface area contributed by atoms with Crippen molar-refractivity contribution in [3.05, 3.63) is 23.8 Å². The number of benzene rings is 1. The van der Waals surface area contributed by atoms with Crippen molar-refractivity contribution in [1.29, 1.82) is 0 Å². The van der Waals surface area contributed by atoms with Gasteiger partial charge in [-0.1, -0.05) is 0 Å². The fourth-order valence-corrected chi connectivity index (χ4v) is 1.58. The van der Waals surface area contributed by atoms with Gasteiger partial charge in [-0.25, -0.2) is 0 Å². The van der Waals surface area contributed by atoms with E-state index in [2.05, 4.69) is 5.32 Å². The van der Waals surface area contributed by atoms with Crippen LogP contribution in [0.3, 0.4) is 0 Å². The molecule has 0 saturated heterocycles. The topological polar surface area (TPSA) is 84.9 Å². The molecule has 0 fully saturated rings. The van der Waals surface area contributed by atoms with Crippen LogP contribution in [0.25, 0.3) is 0 Å². The van der Waals surface area contributed by atoms with E-state index in [1.54, 1.807) is 18.2 Å². The van der Waals surface area contributed by atoms with E-state index < -0.39 is 5.91 Å². The molecule has 6 heteroatoms. The van der Waals surface area contributed by atoms with Crippen LogP contribution in [0.2, 0.25) is 0 Å². The second-order valence-electron chi connectivity index (χ2n) is 3.74. The predicted molar refractivity (Wildman–Crippen MR) is 61.6 cm³/mol. The van der Waals surface area contributed by atoms with Gasteiger partial charge in [-0.15, -0.1) is 0 Å². The number of aliphatic hydroxyl groups is 1.